The number of hydrogen-bond acceptors (Lipinski definition) is 0. The van der Waals surface area contributed by atoms with Gasteiger partial charge in [-0.25, -0.2) is 0 Å². The van der Waals surface area contributed by atoms with Gasteiger partial charge in [-0.15, -0.1) is 0 Å². The predicted molar refractivity (Wildman–Crippen MR) is 136 cm³/mol. The normalized spacial score (nSPS) is 11.5. The molecule has 0 aliphatic rings. The molecule has 0 radical (unpaired) electrons. The predicted octanol–water partition coefficient (Wildman–Crippen LogP) is 9.80. The minimum absolute atomic E-state index is 1.22. The Bertz CT molecular complexity index is 889. The zero-order chi connectivity index (χ0) is 21.0. The summed E-state index contributed by atoms with van der Waals surface area (Å²) in [6, 6.07) is 18.9. The Balaban J connectivity index is 1.61. The van der Waals surface area contributed by atoms with Gasteiger partial charge in [0.2, 0.25) is 0 Å². The Morgan fingerprint density at radius 3 is 1.60 bits per heavy atom. The fourth-order valence-corrected chi connectivity index (χ4v) is 4.69. The highest BCUT2D eigenvalue weighted by Gasteiger charge is 2.04. The van der Waals surface area contributed by atoms with Crippen molar-refractivity contribution in [2.24, 2.45) is 0 Å². The molecule has 0 saturated heterocycles. The number of aryl methyl sites for hydroxylation is 2. The highest BCUT2D eigenvalue weighted by atomic mass is 14.1. The van der Waals surface area contributed by atoms with E-state index in [2.05, 4.69) is 62.4 Å². The van der Waals surface area contributed by atoms with Crippen LogP contribution in [0.15, 0.2) is 48.5 Å². The Labute approximate surface area is 185 Å². The lowest BCUT2D eigenvalue weighted by molar-refractivity contribution is 0.607. The first-order valence-electron chi connectivity index (χ1n) is 12.8. The van der Waals surface area contributed by atoms with E-state index in [4.69, 9.17) is 0 Å². The summed E-state index contributed by atoms with van der Waals surface area (Å²) in [7, 11) is 0. The first-order valence-corrected chi connectivity index (χ1v) is 12.8. The molecule has 3 rings (SSSR count). The van der Waals surface area contributed by atoms with E-state index in [1.807, 2.05) is 0 Å². The first kappa shape index (κ1) is 22.9. The maximum atomic E-state index is 2.46. The molecule has 0 aliphatic heterocycles. The summed E-state index contributed by atoms with van der Waals surface area (Å²) in [4.78, 5) is 0. The average Bonchev–Trinajstić information content (AvgIpc) is 2.78. The molecule has 0 heteroatoms. The zero-order valence-corrected chi connectivity index (χ0v) is 19.5. The molecule has 0 spiro atoms. The molecule has 3 aromatic carbocycles. The number of rotatable bonds is 14. The molecule has 0 heterocycles. The quantitative estimate of drug-likeness (QED) is 0.186. The summed E-state index contributed by atoms with van der Waals surface area (Å²) in [5, 5.41) is 5.63. The molecule has 3 aromatic rings. The van der Waals surface area contributed by atoms with Crippen molar-refractivity contribution in [1.29, 1.82) is 0 Å². The fourth-order valence-electron chi connectivity index (χ4n) is 4.69. The van der Waals surface area contributed by atoms with Gasteiger partial charge in [0, 0.05) is 0 Å². The van der Waals surface area contributed by atoms with E-state index in [0.29, 0.717) is 0 Å². The molecule has 0 bridgehead atoms. The Hall–Kier alpha value is -1.82. The van der Waals surface area contributed by atoms with E-state index in [1.165, 1.54) is 123 Å². The van der Waals surface area contributed by atoms with Crippen molar-refractivity contribution in [3.05, 3.63) is 59.7 Å². The number of unbranched alkanes of at least 4 members (excludes halogenated alkanes) is 10. The van der Waals surface area contributed by atoms with Gasteiger partial charge < -0.3 is 0 Å². The molecule has 0 aromatic heterocycles. The van der Waals surface area contributed by atoms with Crippen molar-refractivity contribution in [3.8, 4) is 0 Å². The minimum atomic E-state index is 1.22. The van der Waals surface area contributed by atoms with Crippen LogP contribution in [0.5, 0.6) is 0 Å². The van der Waals surface area contributed by atoms with Crippen molar-refractivity contribution >= 4 is 21.5 Å². The van der Waals surface area contributed by atoms with Gasteiger partial charge in [0.1, 0.15) is 0 Å². The van der Waals surface area contributed by atoms with Crippen LogP contribution in [0.25, 0.3) is 21.5 Å². The van der Waals surface area contributed by atoms with E-state index in [-0.39, 0.29) is 0 Å². The minimum Gasteiger partial charge on any atom is -0.0654 e. The van der Waals surface area contributed by atoms with Crippen molar-refractivity contribution in [2.75, 3.05) is 0 Å². The van der Waals surface area contributed by atoms with E-state index < -0.39 is 0 Å². The molecule has 0 saturated carbocycles. The second kappa shape index (κ2) is 12.8. The van der Waals surface area contributed by atoms with Crippen LogP contribution in [0.4, 0.5) is 0 Å². The van der Waals surface area contributed by atoms with Crippen LogP contribution in [-0.2, 0) is 12.8 Å². The molecule has 0 nitrogen and oxygen atoms in total. The van der Waals surface area contributed by atoms with Gasteiger partial charge in [0.15, 0.2) is 0 Å². The van der Waals surface area contributed by atoms with Gasteiger partial charge in [-0.05, 0) is 58.4 Å². The third kappa shape index (κ3) is 6.86. The van der Waals surface area contributed by atoms with E-state index >= 15 is 0 Å². The van der Waals surface area contributed by atoms with Gasteiger partial charge >= 0.3 is 0 Å². The molecule has 30 heavy (non-hydrogen) atoms. The van der Waals surface area contributed by atoms with Crippen molar-refractivity contribution in [3.63, 3.8) is 0 Å². The molecule has 0 atom stereocenters. The lowest BCUT2D eigenvalue weighted by Gasteiger charge is -2.09. The summed E-state index contributed by atoms with van der Waals surface area (Å²) < 4.78 is 0. The van der Waals surface area contributed by atoms with Crippen molar-refractivity contribution < 1.29 is 0 Å². The van der Waals surface area contributed by atoms with Crippen LogP contribution < -0.4 is 0 Å². The van der Waals surface area contributed by atoms with Gasteiger partial charge in [-0.3, -0.25) is 0 Å². The maximum Gasteiger partial charge on any atom is -0.0103 e. The summed E-state index contributed by atoms with van der Waals surface area (Å²) in [6.07, 6.45) is 18.9. The SMILES string of the molecule is CCCCCCCCc1ccc2c(ccc3ccc(CCCCCCCC)cc32)c1. The third-order valence-electron chi connectivity index (χ3n) is 6.60. The summed E-state index contributed by atoms with van der Waals surface area (Å²) in [5.41, 5.74) is 3.00. The van der Waals surface area contributed by atoms with Crippen LogP contribution >= 0.6 is 0 Å². The Morgan fingerprint density at radius 2 is 0.933 bits per heavy atom. The lowest BCUT2D eigenvalue weighted by atomic mass is 9.95. The third-order valence-corrected chi connectivity index (χ3v) is 6.60. The summed E-state index contributed by atoms with van der Waals surface area (Å²) in [5.74, 6) is 0. The fraction of sp³-hybridized carbons (Fsp3) is 0.533. The summed E-state index contributed by atoms with van der Waals surface area (Å²) >= 11 is 0. The van der Waals surface area contributed by atoms with E-state index in [9.17, 15) is 0 Å². The smallest absolute Gasteiger partial charge is 0.0103 e. The van der Waals surface area contributed by atoms with Crippen molar-refractivity contribution in [1.82, 2.24) is 0 Å². The molecule has 162 valence electrons. The second-order valence-electron chi connectivity index (χ2n) is 9.21. The Morgan fingerprint density at radius 1 is 0.433 bits per heavy atom. The lowest BCUT2D eigenvalue weighted by Crippen LogP contribution is -1.89. The number of fused-ring (bicyclic) bond motifs is 3. The highest BCUT2D eigenvalue weighted by Crippen LogP contribution is 2.28. The highest BCUT2D eigenvalue weighted by molar-refractivity contribution is 6.07. The molecule has 0 N–H and O–H groups in total. The van der Waals surface area contributed by atoms with Gasteiger partial charge in [-0.1, -0.05) is 127 Å². The first-order chi connectivity index (χ1) is 14.8. The second-order valence-corrected chi connectivity index (χ2v) is 9.21. The van der Waals surface area contributed by atoms with Gasteiger partial charge in [0.25, 0.3) is 0 Å². The van der Waals surface area contributed by atoms with Gasteiger partial charge in [-0.2, -0.15) is 0 Å². The molecule has 0 unspecified atom stereocenters. The van der Waals surface area contributed by atoms with Crippen LogP contribution in [0.3, 0.4) is 0 Å². The zero-order valence-electron chi connectivity index (χ0n) is 19.5. The van der Waals surface area contributed by atoms with Crippen LogP contribution in [0, 0.1) is 0 Å². The largest absolute Gasteiger partial charge is 0.0654 e. The number of hydrogen-bond donors (Lipinski definition) is 0. The van der Waals surface area contributed by atoms with Crippen LogP contribution in [0.2, 0.25) is 0 Å². The Kier molecular flexibility index (Phi) is 9.74. The maximum absolute atomic E-state index is 2.46. The monoisotopic (exact) mass is 402 g/mol. The molecule has 0 amide bonds. The molecule has 0 aliphatic carbocycles. The average molecular weight is 403 g/mol. The van der Waals surface area contributed by atoms with Gasteiger partial charge in [0.05, 0.1) is 0 Å². The molecule has 0 fully saturated rings. The van der Waals surface area contributed by atoms with Crippen molar-refractivity contribution in [2.45, 2.75) is 104 Å². The van der Waals surface area contributed by atoms with Crippen LogP contribution in [-0.4, -0.2) is 0 Å². The van der Waals surface area contributed by atoms with E-state index in [0.717, 1.165) is 0 Å². The number of benzene rings is 3. The standard InChI is InChI=1S/C30H42/c1-3-5-7-9-11-13-15-25-18-22-29-28(23-25)21-20-27-19-17-26(24-30(27)29)16-14-12-10-8-6-4-2/h17-24H,3-16H2,1-2H3. The molecular weight excluding hydrogens is 360 g/mol. The summed E-state index contributed by atoms with van der Waals surface area (Å²) in [6.45, 7) is 4.58. The van der Waals surface area contributed by atoms with Crippen LogP contribution in [0.1, 0.15) is 102 Å². The molecular formula is C30H42. The topological polar surface area (TPSA) is 0 Å². The van der Waals surface area contributed by atoms with E-state index in [1.54, 1.807) is 0 Å².